The molecule has 6 nitrogen and oxygen atoms in total. The Hall–Kier alpha value is -1.30. The third kappa shape index (κ3) is 7.05. The normalized spacial score (nSPS) is 12.6. The van der Waals surface area contributed by atoms with E-state index in [9.17, 15) is 4.79 Å². The zero-order valence-corrected chi connectivity index (χ0v) is 10.1. The van der Waals surface area contributed by atoms with Crippen LogP contribution in [0.25, 0.3) is 0 Å². The number of rotatable bonds is 7. The van der Waals surface area contributed by atoms with Crippen LogP contribution in [0, 0.1) is 0 Å². The highest BCUT2D eigenvalue weighted by Crippen LogP contribution is 2.12. The fourth-order valence-corrected chi connectivity index (χ4v) is 1.07. The van der Waals surface area contributed by atoms with E-state index < -0.39 is 5.60 Å². The van der Waals surface area contributed by atoms with Crippen LogP contribution in [0.5, 0.6) is 0 Å². The molecule has 0 saturated heterocycles. The number of oxime groups is 1. The van der Waals surface area contributed by atoms with E-state index in [1.165, 1.54) is 0 Å². The van der Waals surface area contributed by atoms with E-state index in [0.717, 1.165) is 0 Å². The topological polar surface area (TPSA) is 96.9 Å². The van der Waals surface area contributed by atoms with Crippen molar-refractivity contribution in [3.8, 4) is 0 Å². The maximum Gasteiger partial charge on any atom is 0.222 e. The Morgan fingerprint density at radius 3 is 2.69 bits per heavy atom. The summed E-state index contributed by atoms with van der Waals surface area (Å²) in [6.45, 7) is 4.21. The Kier molecular flexibility index (Phi) is 6.48. The number of nitrogens with two attached hydrogens (primary N) is 1. The van der Waals surface area contributed by atoms with Gasteiger partial charge >= 0.3 is 0 Å². The van der Waals surface area contributed by atoms with Gasteiger partial charge in [0.15, 0.2) is 0 Å². The molecule has 0 aromatic carbocycles. The summed E-state index contributed by atoms with van der Waals surface area (Å²) < 4.78 is 5.14. The second-order valence-corrected chi connectivity index (χ2v) is 4.19. The maximum atomic E-state index is 11.4. The SMILES string of the molecule is COC(C)(C)CC(=O)NCCCC(N)=NO. The summed E-state index contributed by atoms with van der Waals surface area (Å²) in [7, 11) is 1.58. The molecule has 1 amide bonds. The van der Waals surface area contributed by atoms with E-state index in [-0.39, 0.29) is 11.7 Å². The first-order valence-corrected chi connectivity index (χ1v) is 5.19. The van der Waals surface area contributed by atoms with Crippen molar-refractivity contribution >= 4 is 11.7 Å². The molecule has 6 heteroatoms. The molecule has 0 aliphatic rings. The third-order valence-electron chi connectivity index (χ3n) is 2.20. The summed E-state index contributed by atoms with van der Waals surface area (Å²) in [4.78, 5) is 11.4. The fourth-order valence-electron chi connectivity index (χ4n) is 1.07. The first kappa shape index (κ1) is 14.7. The largest absolute Gasteiger partial charge is 0.409 e. The lowest BCUT2D eigenvalue weighted by atomic mass is 10.1. The van der Waals surface area contributed by atoms with Gasteiger partial charge in [0, 0.05) is 20.1 Å². The zero-order chi connectivity index (χ0) is 12.6. The van der Waals surface area contributed by atoms with Crippen molar-refractivity contribution in [1.82, 2.24) is 5.32 Å². The van der Waals surface area contributed by atoms with E-state index in [1.54, 1.807) is 7.11 Å². The fraction of sp³-hybridized carbons (Fsp3) is 0.800. The number of carbonyl (C=O) groups excluding carboxylic acids is 1. The molecule has 0 fully saturated rings. The van der Waals surface area contributed by atoms with Gasteiger partial charge in [-0.15, -0.1) is 0 Å². The summed E-state index contributed by atoms with van der Waals surface area (Å²) >= 11 is 0. The van der Waals surface area contributed by atoms with Crippen molar-refractivity contribution in [3.63, 3.8) is 0 Å². The van der Waals surface area contributed by atoms with Gasteiger partial charge in [0.25, 0.3) is 0 Å². The first-order valence-electron chi connectivity index (χ1n) is 5.19. The number of hydrogen-bond donors (Lipinski definition) is 3. The number of ether oxygens (including phenoxy) is 1. The van der Waals surface area contributed by atoms with Crippen LogP contribution < -0.4 is 11.1 Å². The van der Waals surface area contributed by atoms with Gasteiger partial charge in [-0.25, -0.2) is 0 Å². The molecule has 0 rings (SSSR count). The van der Waals surface area contributed by atoms with Crippen molar-refractivity contribution in [2.24, 2.45) is 10.9 Å². The molecular formula is C10H21N3O3. The average Bonchev–Trinajstić information content (AvgIpc) is 2.23. The van der Waals surface area contributed by atoms with Crippen molar-refractivity contribution in [2.75, 3.05) is 13.7 Å². The predicted molar refractivity (Wildman–Crippen MR) is 61.4 cm³/mol. The molecule has 16 heavy (non-hydrogen) atoms. The van der Waals surface area contributed by atoms with Gasteiger partial charge < -0.3 is 21.0 Å². The van der Waals surface area contributed by atoms with Crippen LogP contribution in [-0.4, -0.2) is 36.2 Å². The quantitative estimate of drug-likeness (QED) is 0.195. The Morgan fingerprint density at radius 2 is 2.19 bits per heavy atom. The summed E-state index contributed by atoms with van der Waals surface area (Å²) in [6, 6.07) is 0. The van der Waals surface area contributed by atoms with Gasteiger partial charge in [-0.2, -0.15) is 0 Å². The molecule has 94 valence electrons. The van der Waals surface area contributed by atoms with Crippen molar-refractivity contribution < 1.29 is 14.7 Å². The highest BCUT2D eigenvalue weighted by atomic mass is 16.5. The Morgan fingerprint density at radius 1 is 1.56 bits per heavy atom. The van der Waals surface area contributed by atoms with E-state index in [2.05, 4.69) is 10.5 Å². The smallest absolute Gasteiger partial charge is 0.222 e. The minimum absolute atomic E-state index is 0.0636. The van der Waals surface area contributed by atoms with E-state index >= 15 is 0 Å². The summed E-state index contributed by atoms with van der Waals surface area (Å²) in [5, 5.41) is 13.9. The number of nitrogens with one attached hydrogen (secondary N) is 1. The van der Waals surface area contributed by atoms with Crippen LogP contribution in [0.4, 0.5) is 0 Å². The van der Waals surface area contributed by atoms with Crippen molar-refractivity contribution in [3.05, 3.63) is 0 Å². The highest BCUT2D eigenvalue weighted by molar-refractivity contribution is 5.79. The first-order chi connectivity index (χ1) is 7.41. The Bertz CT molecular complexity index is 252. The van der Waals surface area contributed by atoms with Gasteiger partial charge in [-0.05, 0) is 20.3 Å². The highest BCUT2D eigenvalue weighted by Gasteiger charge is 2.20. The number of amides is 1. The van der Waals surface area contributed by atoms with Crippen LogP contribution in [0.2, 0.25) is 0 Å². The van der Waals surface area contributed by atoms with Crippen LogP contribution in [0.15, 0.2) is 5.16 Å². The summed E-state index contributed by atoms with van der Waals surface area (Å²) in [5.41, 5.74) is 4.83. The predicted octanol–water partition coefficient (Wildman–Crippen LogP) is 0.444. The van der Waals surface area contributed by atoms with E-state index in [4.69, 9.17) is 15.7 Å². The molecule has 0 bridgehead atoms. The maximum absolute atomic E-state index is 11.4. The van der Waals surface area contributed by atoms with Gasteiger partial charge in [0.05, 0.1) is 12.0 Å². The molecule has 4 N–H and O–H groups in total. The second-order valence-electron chi connectivity index (χ2n) is 4.19. The molecule has 0 unspecified atom stereocenters. The Labute approximate surface area is 95.8 Å². The van der Waals surface area contributed by atoms with Crippen LogP contribution >= 0.6 is 0 Å². The zero-order valence-electron chi connectivity index (χ0n) is 10.1. The lowest BCUT2D eigenvalue weighted by Gasteiger charge is -2.21. The van der Waals surface area contributed by atoms with Gasteiger partial charge in [-0.1, -0.05) is 5.16 Å². The summed E-state index contributed by atoms with van der Waals surface area (Å²) in [6.07, 6.45) is 1.42. The standard InChI is InChI=1S/C10H21N3O3/c1-10(2,16-3)7-9(14)12-6-4-5-8(11)13-15/h15H,4-7H2,1-3H3,(H2,11,13)(H,12,14). The monoisotopic (exact) mass is 231 g/mol. The number of nitrogens with zero attached hydrogens (tertiary/aromatic N) is 1. The van der Waals surface area contributed by atoms with Crippen molar-refractivity contribution in [1.29, 1.82) is 0 Å². The molecule has 0 aromatic rings. The molecule has 0 saturated carbocycles. The molecule has 0 aliphatic carbocycles. The summed E-state index contributed by atoms with van der Waals surface area (Å²) in [5.74, 6) is 0.109. The van der Waals surface area contributed by atoms with Gasteiger partial charge in [0.2, 0.25) is 5.91 Å². The average molecular weight is 231 g/mol. The molecule has 0 heterocycles. The second kappa shape index (κ2) is 7.05. The van der Waals surface area contributed by atoms with E-state index in [1.807, 2.05) is 13.8 Å². The molecule has 0 atom stereocenters. The molecule has 0 radical (unpaired) electrons. The lowest BCUT2D eigenvalue weighted by Crippen LogP contribution is -2.34. The Balaban J connectivity index is 3.67. The van der Waals surface area contributed by atoms with E-state index in [0.29, 0.717) is 25.8 Å². The number of amidine groups is 1. The molecule has 0 spiro atoms. The van der Waals surface area contributed by atoms with Gasteiger partial charge in [-0.3, -0.25) is 4.79 Å². The van der Waals surface area contributed by atoms with Gasteiger partial charge in [0.1, 0.15) is 5.84 Å². The minimum atomic E-state index is -0.449. The molecule has 0 aliphatic heterocycles. The minimum Gasteiger partial charge on any atom is -0.409 e. The van der Waals surface area contributed by atoms with Crippen LogP contribution in [0.3, 0.4) is 0 Å². The van der Waals surface area contributed by atoms with Crippen LogP contribution in [-0.2, 0) is 9.53 Å². The number of methoxy groups -OCH3 is 1. The third-order valence-corrected chi connectivity index (χ3v) is 2.20. The molecule has 0 aromatic heterocycles. The lowest BCUT2D eigenvalue weighted by molar-refractivity contribution is -0.126. The molecular weight excluding hydrogens is 210 g/mol. The number of hydrogen-bond acceptors (Lipinski definition) is 4. The van der Waals surface area contributed by atoms with Crippen molar-refractivity contribution in [2.45, 2.75) is 38.7 Å². The van der Waals surface area contributed by atoms with Crippen LogP contribution in [0.1, 0.15) is 33.1 Å². The number of carbonyl (C=O) groups is 1.